The molecule has 1 fully saturated rings. The Labute approximate surface area is 141 Å². The summed E-state index contributed by atoms with van der Waals surface area (Å²) in [7, 11) is 0. The van der Waals surface area contributed by atoms with E-state index < -0.39 is 22.7 Å². The van der Waals surface area contributed by atoms with Gasteiger partial charge in [-0.3, -0.25) is 14.5 Å². The SMILES string of the molecule is O=C1S/C(=C\c2ccc(F)c(O)c2)C(=O)N1Cc1cccc(O)c1. The number of imide groups is 1. The zero-order valence-electron chi connectivity index (χ0n) is 12.3. The Bertz CT molecular complexity index is 865. The molecule has 0 saturated carbocycles. The number of benzene rings is 2. The summed E-state index contributed by atoms with van der Waals surface area (Å²) in [4.78, 5) is 25.7. The summed E-state index contributed by atoms with van der Waals surface area (Å²) in [6.07, 6.45) is 1.42. The molecule has 0 atom stereocenters. The van der Waals surface area contributed by atoms with Gasteiger partial charge in [-0.25, -0.2) is 4.39 Å². The van der Waals surface area contributed by atoms with Crippen LogP contribution in [0, 0.1) is 5.82 Å². The molecule has 24 heavy (non-hydrogen) atoms. The number of carbonyl (C=O) groups excluding carboxylic acids is 2. The third-order valence-electron chi connectivity index (χ3n) is 3.39. The molecule has 0 aliphatic carbocycles. The maximum Gasteiger partial charge on any atom is 0.293 e. The van der Waals surface area contributed by atoms with Crippen LogP contribution in [0.15, 0.2) is 47.4 Å². The molecule has 1 aliphatic rings. The lowest BCUT2D eigenvalue weighted by Gasteiger charge is -2.12. The Morgan fingerprint density at radius 2 is 1.92 bits per heavy atom. The van der Waals surface area contributed by atoms with Crippen molar-refractivity contribution in [3.63, 3.8) is 0 Å². The average Bonchev–Trinajstić information content (AvgIpc) is 2.79. The van der Waals surface area contributed by atoms with Crippen LogP contribution in [-0.2, 0) is 11.3 Å². The largest absolute Gasteiger partial charge is 0.508 e. The first-order valence-corrected chi connectivity index (χ1v) is 7.77. The van der Waals surface area contributed by atoms with Gasteiger partial charge < -0.3 is 10.2 Å². The van der Waals surface area contributed by atoms with Crippen molar-refractivity contribution in [2.75, 3.05) is 0 Å². The zero-order valence-corrected chi connectivity index (χ0v) is 13.1. The highest BCUT2D eigenvalue weighted by Crippen LogP contribution is 2.34. The Hall–Kier alpha value is -2.80. The van der Waals surface area contributed by atoms with Crippen LogP contribution < -0.4 is 0 Å². The molecule has 2 aromatic rings. The molecule has 5 nitrogen and oxygen atoms in total. The monoisotopic (exact) mass is 345 g/mol. The number of nitrogens with zero attached hydrogens (tertiary/aromatic N) is 1. The van der Waals surface area contributed by atoms with Crippen LogP contribution in [0.3, 0.4) is 0 Å². The van der Waals surface area contributed by atoms with Gasteiger partial charge in [0.15, 0.2) is 11.6 Å². The van der Waals surface area contributed by atoms with Crippen molar-refractivity contribution in [3.8, 4) is 11.5 Å². The van der Waals surface area contributed by atoms with Gasteiger partial charge in [0, 0.05) is 0 Å². The van der Waals surface area contributed by atoms with Gasteiger partial charge in [0.1, 0.15) is 5.75 Å². The summed E-state index contributed by atoms with van der Waals surface area (Å²) in [5.74, 6) is -1.71. The molecule has 0 radical (unpaired) electrons. The number of hydrogen-bond donors (Lipinski definition) is 2. The highest BCUT2D eigenvalue weighted by Gasteiger charge is 2.35. The van der Waals surface area contributed by atoms with E-state index in [9.17, 15) is 24.2 Å². The maximum atomic E-state index is 13.1. The first-order chi connectivity index (χ1) is 11.4. The number of hydrogen-bond acceptors (Lipinski definition) is 5. The predicted molar refractivity (Wildman–Crippen MR) is 87.7 cm³/mol. The quantitative estimate of drug-likeness (QED) is 0.833. The highest BCUT2D eigenvalue weighted by molar-refractivity contribution is 8.18. The molecule has 122 valence electrons. The second kappa shape index (κ2) is 6.37. The Balaban J connectivity index is 1.83. The molecule has 0 bridgehead atoms. The van der Waals surface area contributed by atoms with Gasteiger partial charge in [-0.15, -0.1) is 0 Å². The molecule has 0 aromatic heterocycles. The molecular weight excluding hydrogens is 333 g/mol. The number of carbonyl (C=O) groups is 2. The molecule has 2 N–H and O–H groups in total. The van der Waals surface area contributed by atoms with Crippen molar-refractivity contribution in [2.45, 2.75) is 6.54 Å². The molecular formula is C17H12FNO4S. The lowest BCUT2D eigenvalue weighted by atomic mass is 10.2. The lowest BCUT2D eigenvalue weighted by Crippen LogP contribution is -2.27. The molecule has 7 heteroatoms. The molecule has 3 rings (SSSR count). The fraction of sp³-hybridized carbons (Fsp3) is 0.0588. The highest BCUT2D eigenvalue weighted by atomic mass is 32.2. The summed E-state index contributed by atoms with van der Waals surface area (Å²) in [5, 5.41) is 18.4. The van der Waals surface area contributed by atoms with Gasteiger partial charge in [0.2, 0.25) is 0 Å². The number of phenols is 2. The van der Waals surface area contributed by atoms with Crippen LogP contribution in [0.2, 0.25) is 0 Å². The van der Waals surface area contributed by atoms with Crippen LogP contribution in [-0.4, -0.2) is 26.3 Å². The third kappa shape index (κ3) is 3.26. The van der Waals surface area contributed by atoms with Crippen LogP contribution >= 0.6 is 11.8 Å². The van der Waals surface area contributed by atoms with Crippen LogP contribution in [0.1, 0.15) is 11.1 Å². The van der Waals surface area contributed by atoms with Crippen molar-refractivity contribution >= 4 is 29.0 Å². The van der Waals surface area contributed by atoms with E-state index in [0.29, 0.717) is 11.1 Å². The summed E-state index contributed by atoms with van der Waals surface area (Å²) in [6, 6.07) is 9.96. The second-order valence-electron chi connectivity index (χ2n) is 5.15. The van der Waals surface area contributed by atoms with Crippen molar-refractivity contribution in [3.05, 3.63) is 64.3 Å². The predicted octanol–water partition coefficient (Wildman–Crippen LogP) is 3.47. The van der Waals surface area contributed by atoms with Gasteiger partial charge in [0.25, 0.3) is 11.1 Å². The van der Waals surface area contributed by atoms with Crippen LogP contribution in [0.25, 0.3) is 6.08 Å². The molecule has 1 saturated heterocycles. The van der Waals surface area contributed by atoms with Gasteiger partial charge in [-0.2, -0.15) is 0 Å². The molecule has 1 aliphatic heterocycles. The molecule has 0 unspecified atom stereocenters. The van der Waals surface area contributed by atoms with Crippen molar-refractivity contribution in [1.29, 1.82) is 0 Å². The van der Waals surface area contributed by atoms with Gasteiger partial charge >= 0.3 is 0 Å². The van der Waals surface area contributed by atoms with E-state index in [0.717, 1.165) is 22.7 Å². The number of aromatic hydroxyl groups is 2. The van der Waals surface area contributed by atoms with Gasteiger partial charge in [-0.05, 0) is 53.2 Å². The van der Waals surface area contributed by atoms with Crippen molar-refractivity contribution < 1.29 is 24.2 Å². The van der Waals surface area contributed by atoms with Gasteiger partial charge in [-0.1, -0.05) is 18.2 Å². The molecule has 2 aromatic carbocycles. The lowest BCUT2D eigenvalue weighted by molar-refractivity contribution is -0.123. The Kier molecular flexibility index (Phi) is 4.26. The van der Waals surface area contributed by atoms with Crippen LogP contribution in [0.5, 0.6) is 11.5 Å². The van der Waals surface area contributed by atoms with Gasteiger partial charge in [0.05, 0.1) is 11.4 Å². The second-order valence-corrected chi connectivity index (χ2v) is 6.14. The number of halogens is 1. The number of rotatable bonds is 3. The Morgan fingerprint density at radius 3 is 2.62 bits per heavy atom. The summed E-state index contributed by atoms with van der Waals surface area (Å²) < 4.78 is 13.1. The zero-order chi connectivity index (χ0) is 17.3. The Morgan fingerprint density at radius 1 is 1.12 bits per heavy atom. The van der Waals surface area contributed by atoms with E-state index in [-0.39, 0.29) is 17.2 Å². The topological polar surface area (TPSA) is 77.8 Å². The van der Waals surface area contributed by atoms with Crippen molar-refractivity contribution in [1.82, 2.24) is 4.90 Å². The molecule has 1 heterocycles. The minimum atomic E-state index is -0.760. The van der Waals surface area contributed by atoms with E-state index in [2.05, 4.69) is 0 Å². The first kappa shape index (κ1) is 16.1. The standard InChI is InChI=1S/C17H12FNO4S/c18-13-5-4-10(7-14(13)21)8-15-16(22)19(17(23)24-15)9-11-2-1-3-12(20)6-11/h1-8,20-21H,9H2/b15-8-. The summed E-state index contributed by atoms with van der Waals surface area (Å²) in [6.45, 7) is 0.0467. The number of amides is 2. The van der Waals surface area contributed by atoms with Crippen molar-refractivity contribution in [2.24, 2.45) is 0 Å². The fourth-order valence-electron chi connectivity index (χ4n) is 2.24. The van der Waals surface area contributed by atoms with E-state index >= 15 is 0 Å². The normalized spacial score (nSPS) is 16.2. The minimum Gasteiger partial charge on any atom is -0.508 e. The minimum absolute atomic E-state index is 0.0467. The van der Waals surface area contributed by atoms with E-state index in [1.54, 1.807) is 12.1 Å². The molecule has 2 amide bonds. The summed E-state index contributed by atoms with van der Waals surface area (Å²) >= 11 is 0.771. The van der Waals surface area contributed by atoms with E-state index in [1.165, 1.54) is 30.3 Å². The van der Waals surface area contributed by atoms with E-state index in [1.807, 2.05) is 0 Å². The van der Waals surface area contributed by atoms with E-state index in [4.69, 9.17) is 0 Å². The average molecular weight is 345 g/mol. The summed E-state index contributed by atoms with van der Waals surface area (Å²) in [5.41, 5.74) is 1.04. The third-order valence-corrected chi connectivity index (χ3v) is 4.30. The maximum absolute atomic E-state index is 13.1. The number of phenolic OH excluding ortho intramolecular Hbond substituents is 2. The first-order valence-electron chi connectivity index (χ1n) is 6.96. The smallest absolute Gasteiger partial charge is 0.293 e. The van der Waals surface area contributed by atoms with Crippen LogP contribution in [0.4, 0.5) is 9.18 Å². The fourth-order valence-corrected chi connectivity index (χ4v) is 3.08. The number of thioether (sulfide) groups is 1. The molecule has 0 spiro atoms.